The first-order valence-corrected chi connectivity index (χ1v) is 8.51. The van der Waals surface area contributed by atoms with Crippen molar-refractivity contribution in [3.8, 4) is 5.69 Å². The molecule has 1 amide bonds. The number of nitrogens with zero attached hydrogens (tertiary/aromatic N) is 2. The molecule has 24 heavy (non-hydrogen) atoms. The normalized spacial score (nSPS) is 10.7. The van der Waals surface area contributed by atoms with Gasteiger partial charge in [0.15, 0.2) is 0 Å². The molecule has 0 radical (unpaired) electrons. The van der Waals surface area contributed by atoms with Gasteiger partial charge in [-0.3, -0.25) is 4.79 Å². The fraction of sp³-hybridized carbons (Fsp3) is 0.111. The van der Waals surface area contributed by atoms with E-state index in [0.717, 1.165) is 17.1 Å². The van der Waals surface area contributed by atoms with Crippen molar-refractivity contribution in [3.63, 3.8) is 0 Å². The average Bonchev–Trinajstić information content (AvgIpc) is 2.88. The molecule has 0 fully saturated rings. The minimum atomic E-state index is -0.227. The Morgan fingerprint density at radius 3 is 2.67 bits per heavy atom. The number of hydrogen-bond donors (Lipinski definition) is 1. The van der Waals surface area contributed by atoms with E-state index >= 15 is 0 Å². The van der Waals surface area contributed by atoms with Crippen molar-refractivity contribution < 1.29 is 4.79 Å². The fourth-order valence-electron chi connectivity index (χ4n) is 2.48. The quantitative estimate of drug-likeness (QED) is 0.655. The van der Waals surface area contributed by atoms with E-state index in [1.165, 1.54) is 0 Å². The molecule has 1 heterocycles. The summed E-state index contributed by atoms with van der Waals surface area (Å²) >= 11 is 9.35. The van der Waals surface area contributed by atoms with Crippen molar-refractivity contribution in [1.82, 2.24) is 9.78 Å². The zero-order valence-electron chi connectivity index (χ0n) is 13.2. The summed E-state index contributed by atoms with van der Waals surface area (Å²) in [4.78, 5) is 12.5. The number of amides is 1. The first-order chi connectivity index (χ1) is 11.4. The summed E-state index contributed by atoms with van der Waals surface area (Å²) in [7, 11) is 0. The molecule has 0 bridgehead atoms. The molecule has 0 unspecified atom stereocenters. The van der Waals surface area contributed by atoms with Gasteiger partial charge < -0.3 is 5.32 Å². The summed E-state index contributed by atoms with van der Waals surface area (Å²) in [5.41, 5.74) is 4.05. The van der Waals surface area contributed by atoms with E-state index in [0.29, 0.717) is 20.7 Å². The van der Waals surface area contributed by atoms with Crippen molar-refractivity contribution >= 4 is 39.1 Å². The minimum Gasteiger partial charge on any atom is -0.322 e. The van der Waals surface area contributed by atoms with Crippen LogP contribution >= 0.6 is 27.5 Å². The molecule has 0 saturated heterocycles. The van der Waals surface area contributed by atoms with Crippen molar-refractivity contribution in [3.05, 3.63) is 75.0 Å². The lowest BCUT2D eigenvalue weighted by Crippen LogP contribution is -2.13. The molecule has 122 valence electrons. The summed E-state index contributed by atoms with van der Waals surface area (Å²) in [5.74, 6) is -0.227. The smallest absolute Gasteiger partial charge is 0.256 e. The van der Waals surface area contributed by atoms with Gasteiger partial charge in [-0.25, -0.2) is 4.68 Å². The molecule has 3 rings (SSSR count). The van der Waals surface area contributed by atoms with Crippen LogP contribution in [0.1, 0.15) is 21.7 Å². The highest BCUT2D eigenvalue weighted by Gasteiger charge is 2.12. The van der Waals surface area contributed by atoms with E-state index in [1.807, 2.05) is 48.9 Å². The first-order valence-electron chi connectivity index (χ1n) is 7.34. The molecular weight excluding hydrogens is 390 g/mol. The van der Waals surface area contributed by atoms with Crippen LogP contribution in [-0.2, 0) is 0 Å². The molecule has 0 aliphatic heterocycles. The van der Waals surface area contributed by atoms with Crippen molar-refractivity contribution in [2.75, 3.05) is 5.32 Å². The molecule has 1 N–H and O–H groups in total. The van der Waals surface area contributed by atoms with Crippen LogP contribution in [-0.4, -0.2) is 15.7 Å². The fourth-order valence-corrected chi connectivity index (χ4v) is 3.07. The molecule has 2 aromatic carbocycles. The predicted molar refractivity (Wildman–Crippen MR) is 100 cm³/mol. The number of hydrogen-bond acceptors (Lipinski definition) is 2. The average molecular weight is 405 g/mol. The third kappa shape index (κ3) is 3.52. The standard InChI is InChI=1S/C18H15BrClN3O/c1-11-8-12(2)23(22-11)15-5-3-4-14(10-15)21-18(24)16-9-13(20)6-7-17(16)19/h3-10H,1-2H3,(H,21,24). The highest BCUT2D eigenvalue weighted by molar-refractivity contribution is 9.10. The second-order valence-electron chi connectivity index (χ2n) is 5.47. The third-order valence-corrected chi connectivity index (χ3v) is 4.46. The Morgan fingerprint density at radius 1 is 1.17 bits per heavy atom. The zero-order valence-corrected chi connectivity index (χ0v) is 15.5. The highest BCUT2D eigenvalue weighted by Crippen LogP contribution is 2.23. The molecule has 3 aromatic rings. The van der Waals surface area contributed by atoms with Gasteiger partial charge in [0.1, 0.15) is 0 Å². The van der Waals surface area contributed by atoms with E-state index < -0.39 is 0 Å². The Morgan fingerprint density at radius 2 is 1.96 bits per heavy atom. The number of aryl methyl sites for hydroxylation is 2. The topological polar surface area (TPSA) is 46.9 Å². The van der Waals surface area contributed by atoms with Crippen LogP contribution in [0.25, 0.3) is 5.69 Å². The summed E-state index contributed by atoms with van der Waals surface area (Å²) < 4.78 is 2.54. The summed E-state index contributed by atoms with van der Waals surface area (Å²) in [5, 5.41) is 7.87. The van der Waals surface area contributed by atoms with Crippen LogP contribution in [0.3, 0.4) is 0 Å². The molecule has 0 atom stereocenters. The number of nitrogens with one attached hydrogen (secondary N) is 1. The number of anilines is 1. The molecular formula is C18H15BrClN3O. The van der Waals surface area contributed by atoms with Gasteiger partial charge in [-0.15, -0.1) is 0 Å². The lowest BCUT2D eigenvalue weighted by atomic mass is 10.2. The monoisotopic (exact) mass is 403 g/mol. The number of benzene rings is 2. The number of aromatic nitrogens is 2. The number of halogens is 2. The minimum absolute atomic E-state index is 0.227. The van der Waals surface area contributed by atoms with Gasteiger partial charge >= 0.3 is 0 Å². The van der Waals surface area contributed by atoms with Gasteiger partial charge in [0.2, 0.25) is 0 Å². The van der Waals surface area contributed by atoms with Crippen LogP contribution in [0.5, 0.6) is 0 Å². The van der Waals surface area contributed by atoms with Gasteiger partial charge in [0, 0.05) is 20.9 Å². The zero-order chi connectivity index (χ0) is 17.3. The predicted octanol–water partition coefficient (Wildman–Crippen LogP) is 5.16. The molecule has 0 saturated carbocycles. The molecule has 0 aliphatic rings. The highest BCUT2D eigenvalue weighted by atomic mass is 79.9. The summed E-state index contributed by atoms with van der Waals surface area (Å²) in [6, 6.07) is 14.7. The van der Waals surface area contributed by atoms with Gasteiger partial charge in [0.05, 0.1) is 16.9 Å². The van der Waals surface area contributed by atoms with Gasteiger partial charge in [-0.05, 0) is 72.2 Å². The SMILES string of the molecule is Cc1cc(C)n(-c2cccc(NC(=O)c3cc(Cl)ccc3Br)c2)n1. The van der Waals surface area contributed by atoms with Gasteiger partial charge in [0.25, 0.3) is 5.91 Å². The summed E-state index contributed by atoms with van der Waals surface area (Å²) in [6.07, 6.45) is 0. The van der Waals surface area contributed by atoms with E-state index in [-0.39, 0.29) is 5.91 Å². The van der Waals surface area contributed by atoms with Crippen LogP contribution in [0.15, 0.2) is 53.0 Å². The second-order valence-corrected chi connectivity index (χ2v) is 6.76. The lowest BCUT2D eigenvalue weighted by Gasteiger charge is -2.10. The first kappa shape index (κ1) is 16.7. The van der Waals surface area contributed by atoms with Crippen LogP contribution in [0.4, 0.5) is 5.69 Å². The van der Waals surface area contributed by atoms with E-state index in [1.54, 1.807) is 18.2 Å². The Kier molecular flexibility index (Phi) is 4.73. The van der Waals surface area contributed by atoms with Crippen LogP contribution in [0.2, 0.25) is 5.02 Å². The molecule has 6 heteroatoms. The van der Waals surface area contributed by atoms with Crippen molar-refractivity contribution in [2.45, 2.75) is 13.8 Å². The van der Waals surface area contributed by atoms with Crippen molar-refractivity contribution in [1.29, 1.82) is 0 Å². The maximum Gasteiger partial charge on any atom is 0.256 e. The van der Waals surface area contributed by atoms with Crippen molar-refractivity contribution in [2.24, 2.45) is 0 Å². The molecule has 0 aliphatic carbocycles. The van der Waals surface area contributed by atoms with E-state index in [2.05, 4.69) is 26.3 Å². The Labute approximate surface area is 153 Å². The lowest BCUT2D eigenvalue weighted by molar-refractivity contribution is 0.102. The largest absolute Gasteiger partial charge is 0.322 e. The molecule has 1 aromatic heterocycles. The Hall–Kier alpha value is -2.11. The van der Waals surface area contributed by atoms with Gasteiger partial charge in [-0.2, -0.15) is 5.10 Å². The maximum atomic E-state index is 12.5. The van der Waals surface area contributed by atoms with E-state index in [9.17, 15) is 4.79 Å². The maximum absolute atomic E-state index is 12.5. The molecule has 0 spiro atoms. The summed E-state index contributed by atoms with van der Waals surface area (Å²) in [6.45, 7) is 3.94. The van der Waals surface area contributed by atoms with Gasteiger partial charge in [-0.1, -0.05) is 17.7 Å². The Balaban J connectivity index is 1.88. The van der Waals surface area contributed by atoms with E-state index in [4.69, 9.17) is 11.6 Å². The van der Waals surface area contributed by atoms with Crippen LogP contribution < -0.4 is 5.32 Å². The molecule has 4 nitrogen and oxygen atoms in total. The number of carbonyl (C=O) groups is 1. The number of rotatable bonds is 3. The van der Waals surface area contributed by atoms with Crippen LogP contribution in [0, 0.1) is 13.8 Å². The number of carbonyl (C=O) groups excluding carboxylic acids is 1. The third-order valence-electron chi connectivity index (χ3n) is 3.53. The second kappa shape index (κ2) is 6.79. The Bertz CT molecular complexity index is 920.